The molecule has 1 heterocycles. The molecule has 3 rings (SSSR count). The van der Waals surface area contributed by atoms with Crippen molar-refractivity contribution in [1.29, 1.82) is 0 Å². The Kier molecular flexibility index (Phi) is 5.81. The number of carbonyl (C=O) groups excluding carboxylic acids is 2. The second-order valence-electron chi connectivity index (χ2n) is 5.74. The second-order valence-corrected chi connectivity index (χ2v) is 6.74. The molecule has 4 nitrogen and oxygen atoms in total. The summed E-state index contributed by atoms with van der Waals surface area (Å²) in [4.78, 5) is 27.9. The number of hydrogen-bond donors (Lipinski definition) is 1. The van der Waals surface area contributed by atoms with Gasteiger partial charge in [-0.05, 0) is 61.0 Å². The number of pyridine rings is 1. The zero-order valence-electron chi connectivity index (χ0n) is 14.3. The van der Waals surface area contributed by atoms with Crippen LogP contribution in [-0.4, -0.2) is 16.7 Å². The van der Waals surface area contributed by atoms with Gasteiger partial charge < -0.3 is 5.32 Å². The zero-order valence-corrected chi connectivity index (χ0v) is 15.1. The number of rotatable bonds is 6. The van der Waals surface area contributed by atoms with Crippen molar-refractivity contribution in [3.05, 3.63) is 89.6 Å². The van der Waals surface area contributed by atoms with Gasteiger partial charge >= 0.3 is 0 Å². The van der Waals surface area contributed by atoms with Gasteiger partial charge in [0.2, 0.25) is 0 Å². The maximum atomic E-state index is 12.3. The average molecular weight is 362 g/mol. The third kappa shape index (κ3) is 4.80. The number of thioether (sulfide) groups is 1. The summed E-state index contributed by atoms with van der Waals surface area (Å²) in [6, 6.07) is 20.2. The molecule has 130 valence electrons. The Morgan fingerprint density at radius 2 is 1.62 bits per heavy atom. The Balaban J connectivity index is 1.58. The number of ketones is 1. The van der Waals surface area contributed by atoms with E-state index >= 15 is 0 Å². The molecule has 0 saturated carbocycles. The van der Waals surface area contributed by atoms with E-state index in [-0.39, 0.29) is 11.7 Å². The molecule has 1 N–H and O–H groups in total. The van der Waals surface area contributed by atoms with Crippen LogP contribution in [0.5, 0.6) is 0 Å². The van der Waals surface area contributed by atoms with Gasteiger partial charge in [0.15, 0.2) is 5.78 Å². The van der Waals surface area contributed by atoms with E-state index in [9.17, 15) is 9.59 Å². The molecule has 3 aromatic rings. The molecule has 0 unspecified atom stereocenters. The van der Waals surface area contributed by atoms with Gasteiger partial charge in [0.25, 0.3) is 5.91 Å². The topological polar surface area (TPSA) is 59.1 Å². The summed E-state index contributed by atoms with van der Waals surface area (Å²) in [5, 5.41) is 3.81. The number of amides is 1. The second kappa shape index (κ2) is 8.45. The van der Waals surface area contributed by atoms with Crippen molar-refractivity contribution >= 4 is 29.1 Å². The highest BCUT2D eigenvalue weighted by Crippen LogP contribution is 2.20. The molecule has 0 bridgehead atoms. The summed E-state index contributed by atoms with van der Waals surface area (Å²) >= 11 is 1.65. The number of nitrogens with zero attached hydrogens (tertiary/aromatic N) is 1. The van der Waals surface area contributed by atoms with Crippen molar-refractivity contribution in [3.8, 4) is 0 Å². The van der Waals surface area contributed by atoms with Crippen molar-refractivity contribution in [1.82, 2.24) is 4.98 Å². The number of nitrogens with one attached hydrogen (secondary N) is 1. The van der Waals surface area contributed by atoms with Gasteiger partial charge in [-0.3, -0.25) is 9.59 Å². The van der Waals surface area contributed by atoms with Crippen LogP contribution in [0.4, 0.5) is 5.69 Å². The van der Waals surface area contributed by atoms with Crippen molar-refractivity contribution in [3.63, 3.8) is 0 Å². The summed E-state index contributed by atoms with van der Waals surface area (Å²) in [6.07, 6.45) is 1.78. The monoisotopic (exact) mass is 362 g/mol. The van der Waals surface area contributed by atoms with Crippen LogP contribution in [0.25, 0.3) is 0 Å². The molecular weight excluding hydrogens is 344 g/mol. The number of carbonyl (C=O) groups is 2. The average Bonchev–Trinajstić information content (AvgIpc) is 2.68. The molecule has 0 aliphatic rings. The molecule has 0 saturated heterocycles. The van der Waals surface area contributed by atoms with E-state index in [0.29, 0.717) is 16.8 Å². The van der Waals surface area contributed by atoms with Gasteiger partial charge in [-0.2, -0.15) is 0 Å². The first-order chi connectivity index (χ1) is 12.6. The fraction of sp³-hybridized carbons (Fsp3) is 0.0952. The normalized spacial score (nSPS) is 10.3. The maximum absolute atomic E-state index is 12.3. The molecule has 26 heavy (non-hydrogen) atoms. The van der Waals surface area contributed by atoms with Crippen molar-refractivity contribution < 1.29 is 9.59 Å². The number of Topliss-reactive ketones (excluding diaryl/α,β-unsaturated/α-hetero) is 1. The summed E-state index contributed by atoms with van der Waals surface area (Å²) < 4.78 is 0. The van der Waals surface area contributed by atoms with E-state index < -0.39 is 0 Å². The van der Waals surface area contributed by atoms with Gasteiger partial charge in [-0.1, -0.05) is 18.2 Å². The lowest BCUT2D eigenvalue weighted by molar-refractivity contribution is 0.101. The van der Waals surface area contributed by atoms with E-state index in [1.807, 2.05) is 42.5 Å². The first-order valence-electron chi connectivity index (χ1n) is 8.17. The molecule has 5 heteroatoms. The lowest BCUT2D eigenvalue weighted by atomic mass is 10.1. The fourth-order valence-corrected chi connectivity index (χ4v) is 3.15. The van der Waals surface area contributed by atoms with Gasteiger partial charge in [0.1, 0.15) is 0 Å². The molecular formula is C21H18N2O2S. The number of hydrogen-bond acceptors (Lipinski definition) is 4. The largest absolute Gasteiger partial charge is 0.322 e. The van der Waals surface area contributed by atoms with Gasteiger partial charge in [-0.25, -0.2) is 4.98 Å². The zero-order chi connectivity index (χ0) is 18.4. The summed E-state index contributed by atoms with van der Waals surface area (Å²) in [7, 11) is 0. The van der Waals surface area contributed by atoms with E-state index in [2.05, 4.69) is 10.3 Å². The van der Waals surface area contributed by atoms with E-state index in [1.165, 1.54) is 6.92 Å². The Labute approximate surface area is 156 Å². The van der Waals surface area contributed by atoms with Crippen LogP contribution < -0.4 is 5.32 Å². The number of aromatic nitrogens is 1. The Hall–Kier alpha value is -2.92. The molecule has 0 atom stereocenters. The minimum absolute atomic E-state index is 0.00189. The summed E-state index contributed by atoms with van der Waals surface area (Å²) in [5.74, 6) is 0.623. The van der Waals surface area contributed by atoms with Crippen molar-refractivity contribution in [2.75, 3.05) is 5.32 Å². The number of anilines is 1. The first-order valence-corrected chi connectivity index (χ1v) is 9.15. The lowest BCUT2D eigenvalue weighted by Crippen LogP contribution is -2.11. The Morgan fingerprint density at radius 1 is 0.923 bits per heavy atom. The van der Waals surface area contributed by atoms with Crippen LogP contribution >= 0.6 is 11.8 Å². The third-order valence-electron chi connectivity index (χ3n) is 3.79. The van der Waals surface area contributed by atoms with E-state index in [4.69, 9.17) is 0 Å². The molecule has 0 fully saturated rings. The Morgan fingerprint density at radius 3 is 2.23 bits per heavy atom. The van der Waals surface area contributed by atoms with Crippen LogP contribution in [0.1, 0.15) is 33.2 Å². The van der Waals surface area contributed by atoms with Crippen LogP contribution in [0, 0.1) is 0 Å². The molecule has 0 aliphatic carbocycles. The van der Waals surface area contributed by atoms with Crippen LogP contribution in [0.15, 0.2) is 78.0 Å². The maximum Gasteiger partial charge on any atom is 0.255 e. The van der Waals surface area contributed by atoms with Gasteiger partial charge in [-0.15, -0.1) is 11.8 Å². The van der Waals surface area contributed by atoms with Gasteiger partial charge in [0, 0.05) is 28.8 Å². The van der Waals surface area contributed by atoms with Gasteiger partial charge in [0.05, 0.1) is 5.03 Å². The van der Waals surface area contributed by atoms with Crippen molar-refractivity contribution in [2.24, 2.45) is 0 Å². The fourth-order valence-electron chi connectivity index (χ4n) is 2.33. The highest BCUT2D eigenvalue weighted by molar-refractivity contribution is 7.98. The lowest BCUT2D eigenvalue weighted by Gasteiger charge is -2.07. The quantitative estimate of drug-likeness (QED) is 0.504. The molecule has 0 spiro atoms. The summed E-state index contributed by atoms with van der Waals surface area (Å²) in [6.45, 7) is 1.52. The number of benzene rings is 2. The standard InChI is InChI=1S/C21H18N2O2S/c1-15(24)17-9-11-19(12-10-17)23-21(25)18-7-5-16(6-8-18)14-26-20-4-2-3-13-22-20/h2-13H,14H2,1H3,(H,23,25). The summed E-state index contributed by atoms with van der Waals surface area (Å²) in [5.41, 5.74) is 3.00. The molecule has 0 aliphatic heterocycles. The minimum atomic E-state index is -0.176. The van der Waals surface area contributed by atoms with Crippen LogP contribution in [0.2, 0.25) is 0 Å². The SMILES string of the molecule is CC(=O)c1ccc(NC(=O)c2ccc(CSc3ccccn3)cc2)cc1. The molecule has 1 amide bonds. The molecule has 1 aromatic heterocycles. The highest BCUT2D eigenvalue weighted by Gasteiger charge is 2.07. The van der Waals surface area contributed by atoms with Crippen molar-refractivity contribution in [2.45, 2.75) is 17.7 Å². The smallest absolute Gasteiger partial charge is 0.255 e. The molecule has 2 aromatic carbocycles. The van der Waals surface area contributed by atoms with E-state index in [0.717, 1.165) is 16.3 Å². The highest BCUT2D eigenvalue weighted by atomic mass is 32.2. The van der Waals surface area contributed by atoms with E-state index in [1.54, 1.807) is 42.2 Å². The van der Waals surface area contributed by atoms with Crippen LogP contribution in [-0.2, 0) is 5.75 Å². The third-order valence-corrected chi connectivity index (χ3v) is 4.80. The minimum Gasteiger partial charge on any atom is -0.322 e. The predicted molar refractivity (Wildman–Crippen MR) is 105 cm³/mol. The predicted octanol–water partition coefficient (Wildman–Crippen LogP) is 4.83. The first kappa shape index (κ1) is 17.9. The molecule has 0 radical (unpaired) electrons. The Bertz CT molecular complexity index is 892. The van der Waals surface area contributed by atoms with Crippen LogP contribution in [0.3, 0.4) is 0 Å².